The van der Waals surface area contributed by atoms with Gasteiger partial charge in [-0.1, -0.05) is 23.7 Å². The number of benzene rings is 1. The van der Waals surface area contributed by atoms with Gasteiger partial charge in [-0.25, -0.2) is 0 Å². The van der Waals surface area contributed by atoms with Crippen molar-refractivity contribution in [2.24, 2.45) is 0 Å². The van der Waals surface area contributed by atoms with Crippen LogP contribution in [0.5, 0.6) is 0 Å². The smallest absolute Gasteiger partial charge is 0.186 e. The highest BCUT2D eigenvalue weighted by molar-refractivity contribution is 6.31. The van der Waals surface area contributed by atoms with Crippen molar-refractivity contribution in [2.45, 2.75) is 6.29 Å². The van der Waals surface area contributed by atoms with Crippen molar-refractivity contribution < 1.29 is 9.47 Å². The highest BCUT2D eigenvalue weighted by Gasteiger charge is 2.20. The summed E-state index contributed by atoms with van der Waals surface area (Å²) in [4.78, 5) is 0. The lowest BCUT2D eigenvalue weighted by Gasteiger charge is -2.09. The minimum Gasteiger partial charge on any atom is -0.346 e. The standard InChI is InChI=1S/C9H8ClO2/c10-8-4-2-1-3-7(8)9-11-5-6-12-9/h1-2,4,9H,5-6H2. The van der Waals surface area contributed by atoms with E-state index in [1.165, 1.54) is 0 Å². The molecule has 0 amide bonds. The Morgan fingerprint density at radius 2 is 2.17 bits per heavy atom. The van der Waals surface area contributed by atoms with Gasteiger partial charge in [-0.3, -0.25) is 0 Å². The van der Waals surface area contributed by atoms with Crippen LogP contribution in [0, 0.1) is 6.07 Å². The van der Waals surface area contributed by atoms with Gasteiger partial charge in [0.15, 0.2) is 6.29 Å². The number of rotatable bonds is 1. The van der Waals surface area contributed by atoms with Crippen LogP contribution in [0.4, 0.5) is 0 Å². The minimum absolute atomic E-state index is 0.321. The Balaban J connectivity index is 2.26. The second-order valence-electron chi connectivity index (χ2n) is 2.51. The third kappa shape index (κ3) is 1.46. The molecular formula is C9H8ClO2. The van der Waals surface area contributed by atoms with Gasteiger partial charge in [0.05, 0.1) is 13.2 Å². The van der Waals surface area contributed by atoms with Gasteiger partial charge in [0, 0.05) is 10.6 Å². The molecule has 1 radical (unpaired) electrons. The fraction of sp³-hybridized carbons (Fsp3) is 0.333. The highest BCUT2D eigenvalue weighted by atomic mass is 35.5. The number of hydrogen-bond donors (Lipinski definition) is 0. The monoisotopic (exact) mass is 183 g/mol. The fourth-order valence-electron chi connectivity index (χ4n) is 1.13. The van der Waals surface area contributed by atoms with E-state index in [-0.39, 0.29) is 6.29 Å². The first-order valence-corrected chi connectivity index (χ1v) is 4.15. The Bertz CT molecular complexity index is 269. The first-order chi connectivity index (χ1) is 5.88. The van der Waals surface area contributed by atoms with E-state index < -0.39 is 0 Å². The second-order valence-corrected chi connectivity index (χ2v) is 2.91. The lowest BCUT2D eigenvalue weighted by atomic mass is 10.2. The molecular weight excluding hydrogens is 176 g/mol. The molecule has 0 aliphatic carbocycles. The molecule has 1 aliphatic rings. The summed E-state index contributed by atoms with van der Waals surface area (Å²) in [5.41, 5.74) is 0.789. The highest BCUT2D eigenvalue weighted by Crippen LogP contribution is 2.28. The zero-order valence-electron chi connectivity index (χ0n) is 6.42. The van der Waals surface area contributed by atoms with Crippen molar-refractivity contribution in [1.29, 1.82) is 0 Å². The summed E-state index contributed by atoms with van der Waals surface area (Å²) in [5.74, 6) is 0. The van der Waals surface area contributed by atoms with E-state index >= 15 is 0 Å². The van der Waals surface area contributed by atoms with Crippen LogP contribution in [0.2, 0.25) is 5.02 Å². The SMILES string of the molecule is Clc1ccc[c]c1C1OCCO1. The van der Waals surface area contributed by atoms with E-state index in [1.807, 2.05) is 6.07 Å². The molecule has 0 saturated carbocycles. The zero-order chi connectivity index (χ0) is 8.39. The summed E-state index contributed by atoms with van der Waals surface area (Å²) in [6.45, 7) is 1.26. The molecule has 2 rings (SSSR count). The second kappa shape index (κ2) is 3.44. The van der Waals surface area contributed by atoms with Crippen molar-refractivity contribution in [3.8, 4) is 0 Å². The maximum Gasteiger partial charge on any atom is 0.186 e. The summed E-state index contributed by atoms with van der Waals surface area (Å²) in [6.07, 6.45) is -0.321. The van der Waals surface area contributed by atoms with Crippen LogP contribution in [0.15, 0.2) is 18.2 Å². The molecule has 1 aromatic carbocycles. The molecule has 0 spiro atoms. The van der Waals surface area contributed by atoms with Crippen molar-refractivity contribution >= 4 is 11.6 Å². The van der Waals surface area contributed by atoms with E-state index in [0.29, 0.717) is 18.2 Å². The van der Waals surface area contributed by atoms with Gasteiger partial charge in [-0.15, -0.1) is 0 Å². The van der Waals surface area contributed by atoms with E-state index in [4.69, 9.17) is 21.1 Å². The molecule has 1 aliphatic heterocycles. The Labute approximate surface area is 76.1 Å². The third-order valence-corrected chi connectivity index (χ3v) is 2.02. The van der Waals surface area contributed by atoms with Crippen LogP contribution in [-0.2, 0) is 9.47 Å². The average Bonchev–Trinajstić information content (AvgIpc) is 2.57. The largest absolute Gasteiger partial charge is 0.346 e. The third-order valence-electron chi connectivity index (χ3n) is 1.69. The lowest BCUT2D eigenvalue weighted by molar-refractivity contribution is -0.0442. The van der Waals surface area contributed by atoms with Crippen molar-refractivity contribution in [3.63, 3.8) is 0 Å². The van der Waals surface area contributed by atoms with Crippen molar-refractivity contribution in [1.82, 2.24) is 0 Å². The summed E-state index contributed by atoms with van der Waals surface area (Å²) in [5, 5.41) is 0.643. The van der Waals surface area contributed by atoms with Crippen LogP contribution in [0.1, 0.15) is 11.9 Å². The first-order valence-electron chi connectivity index (χ1n) is 3.77. The molecule has 0 unspecified atom stereocenters. The predicted molar refractivity (Wildman–Crippen MR) is 44.9 cm³/mol. The summed E-state index contributed by atoms with van der Waals surface area (Å²) in [6, 6.07) is 8.43. The summed E-state index contributed by atoms with van der Waals surface area (Å²) >= 11 is 5.91. The van der Waals surface area contributed by atoms with Gasteiger partial charge in [0.25, 0.3) is 0 Å². The maximum absolute atomic E-state index is 5.91. The maximum atomic E-state index is 5.91. The van der Waals surface area contributed by atoms with E-state index in [0.717, 1.165) is 5.56 Å². The average molecular weight is 184 g/mol. The quantitative estimate of drug-likeness (QED) is 0.665. The van der Waals surface area contributed by atoms with Crippen LogP contribution >= 0.6 is 11.6 Å². The normalized spacial score (nSPS) is 18.4. The van der Waals surface area contributed by atoms with Crippen molar-refractivity contribution in [3.05, 3.63) is 34.9 Å². The van der Waals surface area contributed by atoms with Gasteiger partial charge in [0.1, 0.15) is 0 Å². The molecule has 1 fully saturated rings. The fourth-order valence-corrected chi connectivity index (χ4v) is 1.35. The van der Waals surface area contributed by atoms with Gasteiger partial charge in [0.2, 0.25) is 0 Å². The van der Waals surface area contributed by atoms with Crippen LogP contribution in [0.25, 0.3) is 0 Å². The van der Waals surface area contributed by atoms with Crippen LogP contribution in [-0.4, -0.2) is 13.2 Å². The molecule has 0 aromatic heterocycles. The minimum atomic E-state index is -0.321. The topological polar surface area (TPSA) is 18.5 Å². The molecule has 1 aromatic rings. The number of halogens is 1. The van der Waals surface area contributed by atoms with Crippen LogP contribution in [0.3, 0.4) is 0 Å². The molecule has 0 atom stereocenters. The van der Waals surface area contributed by atoms with Gasteiger partial charge in [-0.05, 0) is 12.1 Å². The van der Waals surface area contributed by atoms with E-state index in [1.54, 1.807) is 12.1 Å². The number of hydrogen-bond acceptors (Lipinski definition) is 2. The Kier molecular flexibility index (Phi) is 2.30. The first kappa shape index (κ1) is 8.05. The lowest BCUT2D eigenvalue weighted by Crippen LogP contribution is -1.98. The van der Waals surface area contributed by atoms with E-state index in [2.05, 4.69) is 6.07 Å². The van der Waals surface area contributed by atoms with E-state index in [9.17, 15) is 0 Å². The molecule has 1 saturated heterocycles. The Morgan fingerprint density at radius 1 is 1.42 bits per heavy atom. The van der Waals surface area contributed by atoms with Crippen molar-refractivity contribution in [2.75, 3.05) is 13.2 Å². The summed E-state index contributed by atoms with van der Waals surface area (Å²) < 4.78 is 10.6. The Morgan fingerprint density at radius 3 is 2.83 bits per heavy atom. The van der Waals surface area contributed by atoms with Gasteiger partial charge >= 0.3 is 0 Å². The molecule has 1 heterocycles. The van der Waals surface area contributed by atoms with Crippen LogP contribution < -0.4 is 0 Å². The molecule has 63 valence electrons. The number of ether oxygens (including phenoxy) is 2. The Hall–Kier alpha value is -0.570. The molecule has 0 bridgehead atoms. The predicted octanol–water partition coefficient (Wildman–Crippen LogP) is 2.19. The van der Waals surface area contributed by atoms with Gasteiger partial charge in [-0.2, -0.15) is 0 Å². The van der Waals surface area contributed by atoms with Gasteiger partial charge < -0.3 is 9.47 Å². The summed E-state index contributed by atoms with van der Waals surface area (Å²) in [7, 11) is 0. The molecule has 0 N–H and O–H groups in total. The molecule has 3 heteroatoms. The molecule has 2 nitrogen and oxygen atoms in total. The molecule has 12 heavy (non-hydrogen) atoms. The zero-order valence-corrected chi connectivity index (χ0v) is 7.17.